The van der Waals surface area contributed by atoms with Crippen LogP contribution in [0, 0.1) is 0 Å². The summed E-state index contributed by atoms with van der Waals surface area (Å²) in [5.74, 6) is 0.210. The third-order valence-corrected chi connectivity index (χ3v) is 6.43. The molecule has 2 bridgehead atoms. The fourth-order valence-corrected chi connectivity index (χ4v) is 4.63. The zero-order chi connectivity index (χ0) is 21.3. The Morgan fingerprint density at radius 2 is 1.87 bits per heavy atom. The fourth-order valence-electron chi connectivity index (χ4n) is 4.34. The lowest BCUT2D eigenvalue weighted by Gasteiger charge is -2.48. The van der Waals surface area contributed by atoms with Gasteiger partial charge in [-0.15, -0.1) is 0 Å². The minimum Gasteiger partial charge on any atom is -0.496 e. The third kappa shape index (κ3) is 4.52. The number of amides is 1. The molecule has 2 aliphatic heterocycles. The van der Waals surface area contributed by atoms with Gasteiger partial charge in [-0.1, -0.05) is 35.3 Å². The maximum atomic E-state index is 12.9. The summed E-state index contributed by atoms with van der Waals surface area (Å²) in [5.41, 5.74) is 7.82. The number of morpholine rings is 1. The van der Waals surface area contributed by atoms with Crippen LogP contribution in [-0.4, -0.2) is 49.3 Å². The molecule has 2 saturated heterocycles. The number of halogens is 2. The molecule has 0 spiro atoms. The molecule has 3 N–H and O–H groups in total. The summed E-state index contributed by atoms with van der Waals surface area (Å²) in [4.78, 5) is 15.4. The Labute approximate surface area is 186 Å². The van der Waals surface area contributed by atoms with E-state index in [4.69, 9.17) is 38.4 Å². The molecule has 2 unspecified atom stereocenters. The van der Waals surface area contributed by atoms with Crippen LogP contribution in [0.25, 0.3) is 0 Å². The normalized spacial score (nSPS) is 23.8. The molecular weight excluding hydrogens is 425 g/mol. The Morgan fingerprint density at radius 1 is 1.20 bits per heavy atom. The summed E-state index contributed by atoms with van der Waals surface area (Å²) in [7, 11) is 1.51. The van der Waals surface area contributed by atoms with Gasteiger partial charge >= 0.3 is 0 Å². The number of nitrogens with zero attached hydrogens (tertiary/aromatic N) is 1. The van der Waals surface area contributed by atoms with Crippen molar-refractivity contribution in [3.8, 4) is 5.75 Å². The number of carbonyl (C=O) groups excluding carboxylic acids is 1. The lowest BCUT2D eigenvalue weighted by atomic mass is 9.89. The van der Waals surface area contributed by atoms with Gasteiger partial charge in [0, 0.05) is 35.8 Å². The largest absolute Gasteiger partial charge is 0.496 e. The van der Waals surface area contributed by atoms with Crippen LogP contribution in [0.15, 0.2) is 36.4 Å². The van der Waals surface area contributed by atoms with Gasteiger partial charge in [-0.25, -0.2) is 0 Å². The number of nitrogens with two attached hydrogens (primary N) is 1. The van der Waals surface area contributed by atoms with Crippen molar-refractivity contribution in [1.29, 1.82) is 0 Å². The lowest BCUT2D eigenvalue weighted by molar-refractivity contribution is -0.0843. The number of anilines is 1. The molecule has 8 heteroatoms. The Hall–Kier alpha value is -1.99. The number of piperidine rings is 1. The van der Waals surface area contributed by atoms with E-state index in [0.29, 0.717) is 35.2 Å². The molecule has 30 heavy (non-hydrogen) atoms. The van der Waals surface area contributed by atoms with E-state index in [0.717, 1.165) is 24.4 Å². The van der Waals surface area contributed by atoms with Gasteiger partial charge in [0.25, 0.3) is 5.91 Å². The van der Waals surface area contributed by atoms with Gasteiger partial charge in [0.1, 0.15) is 5.75 Å². The molecule has 160 valence electrons. The molecule has 0 aliphatic carbocycles. The van der Waals surface area contributed by atoms with Gasteiger partial charge in [-0.05, 0) is 36.6 Å². The molecule has 2 aromatic rings. The first-order chi connectivity index (χ1) is 14.4. The van der Waals surface area contributed by atoms with E-state index in [1.807, 2.05) is 12.1 Å². The quantitative estimate of drug-likeness (QED) is 0.679. The predicted molar refractivity (Wildman–Crippen MR) is 118 cm³/mol. The van der Waals surface area contributed by atoms with Crippen LogP contribution in [0.5, 0.6) is 5.75 Å². The predicted octanol–water partition coefficient (Wildman–Crippen LogP) is 3.75. The molecule has 2 fully saturated rings. The number of hydrogen-bond acceptors (Lipinski definition) is 5. The van der Waals surface area contributed by atoms with Crippen molar-refractivity contribution < 1.29 is 14.3 Å². The first-order valence-corrected chi connectivity index (χ1v) is 10.7. The standard InChI is InChI=1S/C22H25Cl2N3O3/c1-29-21-9-20(25)19(24)8-18(21)22(28)26-15-6-16-11-30-12-17(7-15)27(16)10-13-2-4-14(23)5-3-13/h2-5,8-9,15-17H,6-7,10-12,25H2,1H3,(H,26,28). The highest BCUT2D eigenvalue weighted by atomic mass is 35.5. The maximum absolute atomic E-state index is 12.9. The van der Waals surface area contributed by atoms with E-state index in [-0.39, 0.29) is 24.0 Å². The zero-order valence-electron chi connectivity index (χ0n) is 16.7. The van der Waals surface area contributed by atoms with Crippen LogP contribution in [0.1, 0.15) is 28.8 Å². The summed E-state index contributed by atoms with van der Waals surface area (Å²) in [5, 5.41) is 4.23. The first-order valence-electron chi connectivity index (χ1n) is 9.96. The Balaban J connectivity index is 1.45. The fraction of sp³-hybridized carbons (Fsp3) is 0.409. The van der Waals surface area contributed by atoms with Crippen molar-refractivity contribution in [2.45, 2.75) is 37.5 Å². The number of carbonyl (C=O) groups is 1. The van der Waals surface area contributed by atoms with Crippen LogP contribution < -0.4 is 15.8 Å². The summed E-state index contributed by atoms with van der Waals surface area (Å²) in [6, 6.07) is 11.6. The van der Waals surface area contributed by atoms with Gasteiger partial charge in [0.15, 0.2) is 0 Å². The molecule has 2 heterocycles. The molecule has 6 nitrogen and oxygen atoms in total. The van der Waals surface area contributed by atoms with E-state index in [2.05, 4.69) is 22.3 Å². The monoisotopic (exact) mass is 449 g/mol. The topological polar surface area (TPSA) is 76.8 Å². The van der Waals surface area contributed by atoms with Crippen molar-refractivity contribution in [3.05, 3.63) is 57.6 Å². The Bertz CT molecular complexity index is 909. The van der Waals surface area contributed by atoms with Crippen molar-refractivity contribution in [2.24, 2.45) is 0 Å². The summed E-state index contributed by atoms with van der Waals surface area (Å²) in [6.07, 6.45) is 1.64. The second-order valence-electron chi connectivity index (χ2n) is 7.86. The number of ether oxygens (including phenoxy) is 2. The number of rotatable bonds is 5. The number of nitrogen functional groups attached to an aromatic ring is 1. The van der Waals surface area contributed by atoms with Crippen molar-refractivity contribution in [2.75, 3.05) is 26.1 Å². The van der Waals surface area contributed by atoms with E-state index in [1.54, 1.807) is 12.1 Å². The average Bonchev–Trinajstić information content (AvgIpc) is 2.71. The van der Waals surface area contributed by atoms with Gasteiger partial charge in [-0.3, -0.25) is 9.69 Å². The highest BCUT2D eigenvalue weighted by Gasteiger charge is 2.39. The van der Waals surface area contributed by atoms with E-state index in [9.17, 15) is 4.79 Å². The summed E-state index contributed by atoms with van der Waals surface area (Å²) < 4.78 is 11.1. The van der Waals surface area contributed by atoms with Crippen molar-refractivity contribution >= 4 is 34.8 Å². The molecule has 2 atom stereocenters. The molecule has 4 rings (SSSR count). The summed E-state index contributed by atoms with van der Waals surface area (Å²) >= 11 is 12.1. The third-order valence-electron chi connectivity index (χ3n) is 5.85. The zero-order valence-corrected chi connectivity index (χ0v) is 18.2. The Kier molecular flexibility index (Phi) is 6.39. The SMILES string of the molecule is COc1cc(N)c(Cl)cc1C(=O)NC1CC2COCC(C1)N2Cc1ccc(Cl)cc1. The van der Waals surface area contributed by atoms with Gasteiger partial charge in [0.05, 0.1) is 36.6 Å². The molecule has 0 saturated carbocycles. The van der Waals surface area contributed by atoms with E-state index in [1.165, 1.54) is 12.7 Å². The highest BCUT2D eigenvalue weighted by molar-refractivity contribution is 6.33. The molecule has 0 aromatic heterocycles. The minimum absolute atomic E-state index is 0.0545. The second-order valence-corrected chi connectivity index (χ2v) is 8.70. The smallest absolute Gasteiger partial charge is 0.255 e. The van der Waals surface area contributed by atoms with E-state index >= 15 is 0 Å². The molecule has 2 aromatic carbocycles. The lowest BCUT2D eigenvalue weighted by Crippen LogP contribution is -2.60. The van der Waals surface area contributed by atoms with Crippen molar-refractivity contribution in [1.82, 2.24) is 10.2 Å². The maximum Gasteiger partial charge on any atom is 0.255 e. The second kappa shape index (κ2) is 9.02. The van der Waals surface area contributed by atoms with Crippen molar-refractivity contribution in [3.63, 3.8) is 0 Å². The molecule has 1 amide bonds. The highest BCUT2D eigenvalue weighted by Crippen LogP contribution is 2.32. The van der Waals surface area contributed by atoms with Crippen LogP contribution in [0.3, 0.4) is 0 Å². The van der Waals surface area contributed by atoms with Gasteiger partial charge in [0.2, 0.25) is 0 Å². The number of hydrogen-bond donors (Lipinski definition) is 2. The van der Waals surface area contributed by atoms with Crippen LogP contribution >= 0.6 is 23.2 Å². The molecular formula is C22H25Cl2N3O3. The minimum atomic E-state index is -0.205. The first kappa shape index (κ1) is 21.2. The van der Waals surface area contributed by atoms with Gasteiger partial charge < -0.3 is 20.5 Å². The Morgan fingerprint density at radius 3 is 2.50 bits per heavy atom. The molecule has 0 radical (unpaired) electrons. The van der Waals surface area contributed by atoms with Crippen LogP contribution in [-0.2, 0) is 11.3 Å². The average molecular weight is 450 g/mol. The number of fused-ring (bicyclic) bond motifs is 2. The number of methoxy groups -OCH3 is 1. The molecule has 2 aliphatic rings. The van der Waals surface area contributed by atoms with E-state index < -0.39 is 0 Å². The summed E-state index contributed by atoms with van der Waals surface area (Å²) in [6.45, 7) is 2.17. The van der Waals surface area contributed by atoms with Crippen LogP contribution in [0.4, 0.5) is 5.69 Å². The number of benzene rings is 2. The van der Waals surface area contributed by atoms with Crippen LogP contribution in [0.2, 0.25) is 10.0 Å². The van der Waals surface area contributed by atoms with Gasteiger partial charge in [-0.2, -0.15) is 0 Å². The number of nitrogens with one attached hydrogen (secondary N) is 1.